The zero-order valence-corrected chi connectivity index (χ0v) is 10.7. The summed E-state index contributed by atoms with van der Waals surface area (Å²) >= 11 is 0. The first kappa shape index (κ1) is 12.0. The molecule has 1 aliphatic rings. The lowest BCUT2D eigenvalue weighted by Crippen LogP contribution is -2.32. The summed E-state index contributed by atoms with van der Waals surface area (Å²) < 4.78 is 0. The van der Waals surface area contributed by atoms with Crippen molar-refractivity contribution < 1.29 is 0 Å². The molecule has 1 saturated carbocycles. The molecular weight excluding hydrogens is 208 g/mol. The molecule has 0 heterocycles. The van der Waals surface area contributed by atoms with Gasteiger partial charge in [-0.1, -0.05) is 12.1 Å². The van der Waals surface area contributed by atoms with Gasteiger partial charge in [0.15, 0.2) is 0 Å². The van der Waals surface area contributed by atoms with Gasteiger partial charge in [-0.15, -0.1) is 0 Å². The molecule has 1 aromatic carbocycles. The lowest BCUT2D eigenvalue weighted by atomic mass is 9.65. The van der Waals surface area contributed by atoms with Crippen molar-refractivity contribution in [3.05, 3.63) is 29.8 Å². The molecule has 1 aliphatic carbocycles. The summed E-state index contributed by atoms with van der Waals surface area (Å²) in [6.45, 7) is 6.39. The van der Waals surface area contributed by atoms with Crippen LogP contribution in [-0.4, -0.2) is 13.1 Å². The van der Waals surface area contributed by atoms with Gasteiger partial charge in [0.25, 0.3) is 0 Å². The van der Waals surface area contributed by atoms with Gasteiger partial charge in [-0.25, -0.2) is 0 Å². The predicted molar refractivity (Wildman–Crippen MR) is 71.1 cm³/mol. The van der Waals surface area contributed by atoms with Crippen molar-refractivity contribution in [2.75, 3.05) is 18.0 Å². The molecule has 0 atom stereocenters. The van der Waals surface area contributed by atoms with Crippen LogP contribution in [0.4, 0.5) is 5.69 Å². The van der Waals surface area contributed by atoms with Crippen LogP contribution >= 0.6 is 0 Å². The second kappa shape index (κ2) is 4.79. The molecular formula is C15H20N2. The number of benzene rings is 1. The highest BCUT2D eigenvalue weighted by molar-refractivity contribution is 5.50. The number of rotatable bonds is 4. The van der Waals surface area contributed by atoms with Crippen LogP contribution in [0.5, 0.6) is 0 Å². The van der Waals surface area contributed by atoms with E-state index in [2.05, 4.69) is 49.1 Å². The van der Waals surface area contributed by atoms with Crippen LogP contribution in [0, 0.1) is 11.3 Å². The van der Waals surface area contributed by atoms with Gasteiger partial charge < -0.3 is 4.90 Å². The van der Waals surface area contributed by atoms with E-state index in [9.17, 15) is 5.26 Å². The second-order valence-electron chi connectivity index (χ2n) is 4.77. The van der Waals surface area contributed by atoms with Gasteiger partial charge in [-0.3, -0.25) is 0 Å². The third-order valence-electron chi connectivity index (χ3n) is 3.97. The zero-order valence-electron chi connectivity index (χ0n) is 10.7. The molecule has 1 aromatic rings. The van der Waals surface area contributed by atoms with E-state index < -0.39 is 0 Å². The van der Waals surface area contributed by atoms with Gasteiger partial charge in [-0.05, 0) is 50.8 Å². The molecule has 17 heavy (non-hydrogen) atoms. The summed E-state index contributed by atoms with van der Waals surface area (Å²) in [6, 6.07) is 11.1. The van der Waals surface area contributed by atoms with E-state index in [-0.39, 0.29) is 5.41 Å². The van der Waals surface area contributed by atoms with Crippen LogP contribution in [0.15, 0.2) is 24.3 Å². The topological polar surface area (TPSA) is 27.0 Å². The van der Waals surface area contributed by atoms with Gasteiger partial charge in [-0.2, -0.15) is 5.26 Å². The van der Waals surface area contributed by atoms with Crippen molar-refractivity contribution in [3.8, 4) is 6.07 Å². The Morgan fingerprint density at radius 3 is 2.12 bits per heavy atom. The maximum absolute atomic E-state index is 9.30. The standard InChI is InChI=1S/C15H20N2/c1-3-17(4-2)14-8-6-13(7-9-14)15(12-16)10-5-11-15/h6-9H,3-5,10-11H2,1-2H3. The summed E-state index contributed by atoms with van der Waals surface area (Å²) in [5, 5.41) is 9.30. The van der Waals surface area contributed by atoms with Gasteiger partial charge in [0, 0.05) is 18.8 Å². The Morgan fingerprint density at radius 1 is 1.18 bits per heavy atom. The van der Waals surface area contributed by atoms with Crippen LogP contribution in [0.3, 0.4) is 0 Å². The molecule has 0 radical (unpaired) electrons. The van der Waals surface area contributed by atoms with Gasteiger partial charge in [0.05, 0.1) is 11.5 Å². The first-order valence-corrected chi connectivity index (χ1v) is 6.52. The normalized spacial score (nSPS) is 17.0. The molecule has 0 aromatic heterocycles. The van der Waals surface area contributed by atoms with Crippen LogP contribution in [0.1, 0.15) is 38.7 Å². The summed E-state index contributed by atoms with van der Waals surface area (Å²) in [4.78, 5) is 2.32. The Bertz CT molecular complexity index is 406. The second-order valence-corrected chi connectivity index (χ2v) is 4.77. The Balaban J connectivity index is 2.21. The molecule has 2 heteroatoms. The highest BCUT2D eigenvalue weighted by Gasteiger charge is 2.38. The fourth-order valence-electron chi connectivity index (χ4n) is 2.58. The fourth-order valence-corrected chi connectivity index (χ4v) is 2.58. The number of hydrogen-bond donors (Lipinski definition) is 0. The van der Waals surface area contributed by atoms with Crippen molar-refractivity contribution in [2.45, 2.75) is 38.5 Å². The summed E-state index contributed by atoms with van der Waals surface area (Å²) in [5.74, 6) is 0. The average Bonchev–Trinajstić information content (AvgIpc) is 2.32. The van der Waals surface area contributed by atoms with Gasteiger partial charge in [0.1, 0.15) is 0 Å². The minimum absolute atomic E-state index is 0.179. The van der Waals surface area contributed by atoms with E-state index in [0.717, 1.165) is 25.9 Å². The van der Waals surface area contributed by atoms with E-state index >= 15 is 0 Å². The van der Waals surface area contributed by atoms with Crippen LogP contribution in [0.25, 0.3) is 0 Å². The third-order valence-corrected chi connectivity index (χ3v) is 3.97. The molecule has 0 unspecified atom stereocenters. The summed E-state index contributed by atoms with van der Waals surface area (Å²) in [5.41, 5.74) is 2.27. The van der Waals surface area contributed by atoms with Crippen molar-refractivity contribution in [1.29, 1.82) is 5.26 Å². The Hall–Kier alpha value is -1.49. The fraction of sp³-hybridized carbons (Fsp3) is 0.533. The molecule has 0 aliphatic heterocycles. The van der Waals surface area contributed by atoms with E-state index in [1.165, 1.54) is 17.7 Å². The van der Waals surface area contributed by atoms with Crippen LogP contribution in [0.2, 0.25) is 0 Å². The zero-order chi connectivity index (χ0) is 12.3. The molecule has 0 spiro atoms. The number of nitriles is 1. The molecule has 1 fully saturated rings. The lowest BCUT2D eigenvalue weighted by molar-refractivity contribution is 0.324. The lowest BCUT2D eigenvalue weighted by Gasteiger charge is -2.36. The van der Waals surface area contributed by atoms with E-state index in [4.69, 9.17) is 0 Å². The smallest absolute Gasteiger partial charge is 0.0822 e. The quantitative estimate of drug-likeness (QED) is 0.789. The maximum atomic E-state index is 9.30. The van der Waals surface area contributed by atoms with E-state index in [1.807, 2.05) is 0 Å². The third kappa shape index (κ3) is 2.02. The largest absolute Gasteiger partial charge is 0.372 e. The molecule has 90 valence electrons. The molecule has 0 N–H and O–H groups in total. The Kier molecular flexibility index (Phi) is 3.38. The predicted octanol–water partition coefficient (Wildman–Crippen LogP) is 3.48. The van der Waals surface area contributed by atoms with Gasteiger partial charge >= 0.3 is 0 Å². The van der Waals surface area contributed by atoms with Crippen LogP contribution < -0.4 is 4.90 Å². The number of nitrogens with zero attached hydrogens (tertiary/aromatic N) is 2. The van der Waals surface area contributed by atoms with Crippen molar-refractivity contribution in [1.82, 2.24) is 0 Å². The highest BCUT2D eigenvalue weighted by atomic mass is 15.1. The summed E-state index contributed by atoms with van der Waals surface area (Å²) in [7, 11) is 0. The molecule has 0 saturated heterocycles. The van der Waals surface area contributed by atoms with Crippen LogP contribution in [-0.2, 0) is 5.41 Å². The molecule has 0 amide bonds. The molecule has 0 bridgehead atoms. The minimum Gasteiger partial charge on any atom is -0.372 e. The van der Waals surface area contributed by atoms with Gasteiger partial charge in [0.2, 0.25) is 0 Å². The molecule has 2 rings (SSSR count). The number of hydrogen-bond acceptors (Lipinski definition) is 2. The number of anilines is 1. The van der Waals surface area contributed by atoms with Crippen molar-refractivity contribution in [2.24, 2.45) is 0 Å². The Labute approximate surface area is 104 Å². The molecule has 2 nitrogen and oxygen atoms in total. The first-order valence-electron chi connectivity index (χ1n) is 6.52. The monoisotopic (exact) mass is 228 g/mol. The summed E-state index contributed by atoms with van der Waals surface area (Å²) in [6.07, 6.45) is 3.23. The average molecular weight is 228 g/mol. The minimum atomic E-state index is -0.179. The van der Waals surface area contributed by atoms with Crippen molar-refractivity contribution >= 4 is 5.69 Å². The first-order chi connectivity index (χ1) is 8.25. The maximum Gasteiger partial charge on any atom is 0.0822 e. The SMILES string of the molecule is CCN(CC)c1ccc(C2(C#N)CCC2)cc1. The van der Waals surface area contributed by atoms with E-state index in [1.54, 1.807) is 0 Å². The highest BCUT2D eigenvalue weighted by Crippen LogP contribution is 2.43. The van der Waals surface area contributed by atoms with E-state index in [0.29, 0.717) is 0 Å². The Morgan fingerprint density at radius 2 is 1.76 bits per heavy atom. The van der Waals surface area contributed by atoms with Crippen molar-refractivity contribution in [3.63, 3.8) is 0 Å².